The molecule has 0 heterocycles. The third-order valence-electron chi connectivity index (χ3n) is 4.25. The summed E-state index contributed by atoms with van der Waals surface area (Å²) in [7, 11) is 0. The lowest BCUT2D eigenvalue weighted by Crippen LogP contribution is -2.19. The minimum Gasteiger partial charge on any atom is -0.0840 e. The van der Waals surface area contributed by atoms with Gasteiger partial charge in [0.2, 0.25) is 0 Å². The molecule has 0 radical (unpaired) electrons. The molecule has 1 aliphatic carbocycles. The molecule has 0 atom stereocenters. The predicted octanol–water partition coefficient (Wildman–Crippen LogP) is 7.64. The minimum absolute atomic E-state index is 0.241. The SMILES string of the molecule is CC1=C(/C=C/C(C)(C)C)CC(C)(C)C/C1=C\C=C\CC(C)(C)C. The highest BCUT2D eigenvalue weighted by atomic mass is 14.3. The van der Waals surface area contributed by atoms with Gasteiger partial charge < -0.3 is 0 Å². The van der Waals surface area contributed by atoms with Crippen molar-refractivity contribution in [1.82, 2.24) is 0 Å². The van der Waals surface area contributed by atoms with Crippen LogP contribution in [0.25, 0.3) is 0 Å². The fourth-order valence-electron chi connectivity index (χ4n) is 2.89. The first-order valence-corrected chi connectivity index (χ1v) is 9.04. The number of allylic oxidation sites excluding steroid dienone is 8. The third kappa shape index (κ3) is 7.86. The Morgan fingerprint density at radius 3 is 2.13 bits per heavy atom. The van der Waals surface area contributed by atoms with Crippen LogP contribution in [0.1, 0.15) is 81.6 Å². The first-order chi connectivity index (χ1) is 10.3. The molecule has 0 amide bonds. The highest BCUT2D eigenvalue weighted by Crippen LogP contribution is 2.42. The van der Waals surface area contributed by atoms with Crippen LogP contribution in [0, 0.1) is 16.2 Å². The average Bonchev–Trinajstić information content (AvgIpc) is 2.34. The zero-order valence-corrected chi connectivity index (χ0v) is 17.0. The molecule has 1 rings (SSSR count). The lowest BCUT2D eigenvalue weighted by atomic mass is 9.71. The van der Waals surface area contributed by atoms with E-state index in [9.17, 15) is 0 Å². The van der Waals surface area contributed by atoms with Crippen LogP contribution in [0.2, 0.25) is 0 Å². The first kappa shape index (κ1) is 20.0. The maximum atomic E-state index is 2.39. The Morgan fingerprint density at radius 1 is 1.00 bits per heavy atom. The van der Waals surface area contributed by atoms with E-state index in [1.54, 1.807) is 0 Å². The van der Waals surface area contributed by atoms with Gasteiger partial charge in [-0.15, -0.1) is 0 Å². The maximum absolute atomic E-state index is 2.39. The molecule has 0 aromatic heterocycles. The summed E-state index contributed by atoms with van der Waals surface area (Å²) in [5.41, 5.74) is 5.44. The monoisotopic (exact) mass is 314 g/mol. The molecule has 0 aromatic carbocycles. The fourth-order valence-corrected chi connectivity index (χ4v) is 2.89. The molecule has 0 fully saturated rings. The molecular formula is C23H38. The molecule has 0 unspecified atom stereocenters. The van der Waals surface area contributed by atoms with Crippen LogP contribution in [-0.2, 0) is 0 Å². The summed E-state index contributed by atoms with van der Waals surface area (Å²) in [6.07, 6.45) is 15.1. The molecule has 130 valence electrons. The van der Waals surface area contributed by atoms with Crippen LogP contribution in [0.4, 0.5) is 0 Å². The summed E-state index contributed by atoms with van der Waals surface area (Å²) in [5.74, 6) is 0. The van der Waals surface area contributed by atoms with Crippen LogP contribution in [0.15, 0.2) is 47.1 Å². The standard InChI is InChI=1S/C23H38/c1-18-19(12-10-11-14-21(2,3)4)16-23(8,9)17-20(18)13-15-22(5,6)7/h10-13,15H,14,16-17H2,1-9H3/b11-10+,15-13+,19-12+. The van der Waals surface area contributed by atoms with Crippen LogP contribution >= 0.6 is 0 Å². The highest BCUT2D eigenvalue weighted by Gasteiger charge is 2.27. The molecule has 23 heavy (non-hydrogen) atoms. The summed E-state index contributed by atoms with van der Waals surface area (Å²) in [4.78, 5) is 0. The fraction of sp³-hybridized carbons (Fsp3) is 0.652. The summed E-state index contributed by atoms with van der Waals surface area (Å²) < 4.78 is 0. The van der Waals surface area contributed by atoms with Gasteiger partial charge in [-0.1, -0.05) is 85.8 Å². The normalized spacial score (nSPS) is 21.9. The topological polar surface area (TPSA) is 0 Å². The van der Waals surface area contributed by atoms with Crippen molar-refractivity contribution >= 4 is 0 Å². The van der Waals surface area contributed by atoms with Gasteiger partial charge in [-0.25, -0.2) is 0 Å². The van der Waals surface area contributed by atoms with Gasteiger partial charge in [0.1, 0.15) is 0 Å². The van der Waals surface area contributed by atoms with Gasteiger partial charge in [0.05, 0.1) is 0 Å². The van der Waals surface area contributed by atoms with Gasteiger partial charge in [0.25, 0.3) is 0 Å². The molecule has 0 bridgehead atoms. The van der Waals surface area contributed by atoms with E-state index in [4.69, 9.17) is 0 Å². The summed E-state index contributed by atoms with van der Waals surface area (Å²) in [5, 5.41) is 0. The summed E-state index contributed by atoms with van der Waals surface area (Å²) >= 11 is 0. The van der Waals surface area contributed by atoms with Crippen molar-refractivity contribution < 1.29 is 0 Å². The minimum atomic E-state index is 0.241. The molecule has 0 aromatic rings. The average molecular weight is 315 g/mol. The molecule has 0 saturated heterocycles. The van der Waals surface area contributed by atoms with Crippen LogP contribution in [0.5, 0.6) is 0 Å². The van der Waals surface area contributed by atoms with Gasteiger partial charge in [-0.05, 0) is 59.2 Å². The number of hydrogen-bond acceptors (Lipinski definition) is 0. The molecule has 0 heteroatoms. The lowest BCUT2D eigenvalue weighted by molar-refractivity contribution is 0.350. The Labute approximate surface area is 145 Å². The van der Waals surface area contributed by atoms with Crippen LogP contribution < -0.4 is 0 Å². The summed E-state index contributed by atoms with van der Waals surface area (Å²) in [6.45, 7) is 20.7. The van der Waals surface area contributed by atoms with E-state index in [-0.39, 0.29) is 5.41 Å². The van der Waals surface area contributed by atoms with Crippen molar-refractivity contribution in [1.29, 1.82) is 0 Å². The van der Waals surface area contributed by atoms with E-state index in [0.717, 1.165) is 6.42 Å². The van der Waals surface area contributed by atoms with Crippen molar-refractivity contribution in [3.05, 3.63) is 47.1 Å². The van der Waals surface area contributed by atoms with Crippen LogP contribution in [-0.4, -0.2) is 0 Å². The van der Waals surface area contributed by atoms with Crippen molar-refractivity contribution in [2.24, 2.45) is 16.2 Å². The Kier molecular flexibility index (Phi) is 6.30. The van der Waals surface area contributed by atoms with Gasteiger partial charge in [0, 0.05) is 0 Å². The highest BCUT2D eigenvalue weighted by molar-refractivity contribution is 5.44. The smallest absolute Gasteiger partial charge is 0.0200 e. The predicted molar refractivity (Wildman–Crippen MR) is 106 cm³/mol. The molecule has 0 N–H and O–H groups in total. The van der Waals surface area contributed by atoms with E-state index in [1.807, 2.05) is 0 Å². The molecular weight excluding hydrogens is 276 g/mol. The second-order valence-corrected chi connectivity index (χ2v) is 10.3. The van der Waals surface area contributed by atoms with Crippen molar-refractivity contribution in [2.75, 3.05) is 0 Å². The van der Waals surface area contributed by atoms with E-state index < -0.39 is 0 Å². The second-order valence-electron chi connectivity index (χ2n) is 10.3. The van der Waals surface area contributed by atoms with Crippen molar-refractivity contribution in [3.8, 4) is 0 Å². The lowest BCUT2D eigenvalue weighted by Gasteiger charge is -2.33. The Morgan fingerprint density at radius 2 is 1.61 bits per heavy atom. The van der Waals surface area contributed by atoms with E-state index >= 15 is 0 Å². The Bertz CT molecular complexity index is 519. The number of hydrogen-bond donors (Lipinski definition) is 0. The molecule has 0 nitrogen and oxygen atoms in total. The van der Waals surface area contributed by atoms with E-state index in [1.165, 1.54) is 29.6 Å². The van der Waals surface area contributed by atoms with Gasteiger partial charge in [-0.2, -0.15) is 0 Å². The van der Waals surface area contributed by atoms with E-state index in [2.05, 4.69) is 92.7 Å². The third-order valence-corrected chi connectivity index (χ3v) is 4.25. The zero-order chi connectivity index (χ0) is 17.9. The van der Waals surface area contributed by atoms with Gasteiger partial charge >= 0.3 is 0 Å². The van der Waals surface area contributed by atoms with Crippen LogP contribution in [0.3, 0.4) is 0 Å². The second kappa shape index (κ2) is 7.24. The summed E-state index contributed by atoms with van der Waals surface area (Å²) in [6, 6.07) is 0. The first-order valence-electron chi connectivity index (χ1n) is 9.04. The largest absolute Gasteiger partial charge is 0.0840 e. The Hall–Kier alpha value is -1.04. The molecule has 0 saturated carbocycles. The zero-order valence-electron chi connectivity index (χ0n) is 17.0. The Balaban J connectivity index is 3.04. The maximum Gasteiger partial charge on any atom is -0.0200 e. The quantitative estimate of drug-likeness (QED) is 0.502. The van der Waals surface area contributed by atoms with Crippen molar-refractivity contribution in [3.63, 3.8) is 0 Å². The van der Waals surface area contributed by atoms with Gasteiger partial charge in [0.15, 0.2) is 0 Å². The van der Waals surface area contributed by atoms with E-state index in [0.29, 0.717) is 10.8 Å². The molecule has 1 aliphatic rings. The van der Waals surface area contributed by atoms with Crippen molar-refractivity contribution in [2.45, 2.75) is 81.6 Å². The van der Waals surface area contributed by atoms with Gasteiger partial charge in [-0.3, -0.25) is 0 Å². The number of rotatable bonds is 3. The molecule has 0 aliphatic heterocycles. The molecule has 0 spiro atoms.